The molecule has 3 atom stereocenters. The number of allylic oxidation sites excluding steroid dienone is 2. The standard InChI is InChI=1S/C15H25NO.C2H6/c1-5-7-12-9-13-10(3)16(4)15(17)14(13)8-11(12)6-2;1-2/h10,13-14H,5-9H2,1-4H3;1-2H3. The molecule has 2 nitrogen and oxygen atoms in total. The summed E-state index contributed by atoms with van der Waals surface area (Å²) in [6.07, 6.45) is 5.79. The van der Waals surface area contributed by atoms with Crippen molar-refractivity contribution in [3.05, 3.63) is 11.1 Å². The Hall–Kier alpha value is -0.790. The Morgan fingerprint density at radius 3 is 2.32 bits per heavy atom. The van der Waals surface area contributed by atoms with E-state index in [0.717, 1.165) is 12.8 Å². The van der Waals surface area contributed by atoms with Gasteiger partial charge in [-0.1, -0.05) is 45.3 Å². The lowest BCUT2D eigenvalue weighted by molar-refractivity contribution is -0.130. The van der Waals surface area contributed by atoms with E-state index < -0.39 is 0 Å². The van der Waals surface area contributed by atoms with Gasteiger partial charge in [-0.3, -0.25) is 4.79 Å². The minimum absolute atomic E-state index is 0.283. The zero-order chi connectivity index (χ0) is 14.6. The van der Waals surface area contributed by atoms with Crippen LogP contribution in [0.4, 0.5) is 0 Å². The first-order valence-electron chi connectivity index (χ1n) is 8.06. The molecule has 110 valence electrons. The van der Waals surface area contributed by atoms with Crippen LogP contribution < -0.4 is 0 Å². The molecular weight excluding hydrogens is 234 g/mol. The van der Waals surface area contributed by atoms with E-state index in [1.54, 1.807) is 11.1 Å². The number of carbonyl (C=O) groups excluding carboxylic acids is 1. The normalized spacial score (nSPS) is 30.1. The van der Waals surface area contributed by atoms with Gasteiger partial charge in [-0.05, 0) is 38.5 Å². The van der Waals surface area contributed by atoms with Crippen molar-refractivity contribution in [3.8, 4) is 0 Å². The molecule has 1 amide bonds. The highest BCUT2D eigenvalue weighted by molar-refractivity contribution is 5.82. The molecule has 0 bridgehead atoms. The van der Waals surface area contributed by atoms with Crippen molar-refractivity contribution in [2.75, 3.05) is 7.05 Å². The van der Waals surface area contributed by atoms with Gasteiger partial charge in [0.2, 0.25) is 5.91 Å². The van der Waals surface area contributed by atoms with Crippen molar-refractivity contribution in [2.45, 2.75) is 72.8 Å². The molecule has 0 N–H and O–H groups in total. The molecule has 2 rings (SSSR count). The van der Waals surface area contributed by atoms with Crippen LogP contribution in [0.15, 0.2) is 11.1 Å². The Balaban J connectivity index is 0.000000861. The van der Waals surface area contributed by atoms with Crippen molar-refractivity contribution >= 4 is 5.91 Å². The molecule has 19 heavy (non-hydrogen) atoms. The van der Waals surface area contributed by atoms with E-state index in [1.165, 1.54) is 19.3 Å². The van der Waals surface area contributed by atoms with Crippen molar-refractivity contribution in [1.29, 1.82) is 0 Å². The zero-order valence-corrected chi connectivity index (χ0v) is 13.6. The molecule has 2 heteroatoms. The topological polar surface area (TPSA) is 20.3 Å². The van der Waals surface area contributed by atoms with E-state index in [9.17, 15) is 4.79 Å². The van der Waals surface area contributed by atoms with Crippen molar-refractivity contribution in [3.63, 3.8) is 0 Å². The SMILES string of the molecule is CC.CCCC1=C(CC)CC2C(=O)N(C)C(C)C2C1. The Kier molecular flexibility index (Phi) is 6.09. The van der Waals surface area contributed by atoms with Crippen molar-refractivity contribution in [1.82, 2.24) is 4.90 Å². The molecular formula is C17H31NO. The molecule has 0 aromatic heterocycles. The average Bonchev–Trinajstić information content (AvgIpc) is 2.65. The number of hydrogen-bond donors (Lipinski definition) is 0. The molecule has 0 aromatic carbocycles. The highest BCUT2D eigenvalue weighted by atomic mass is 16.2. The number of hydrogen-bond acceptors (Lipinski definition) is 1. The highest BCUT2D eigenvalue weighted by Gasteiger charge is 2.46. The Morgan fingerprint density at radius 1 is 1.16 bits per heavy atom. The van der Waals surface area contributed by atoms with Gasteiger partial charge >= 0.3 is 0 Å². The quantitative estimate of drug-likeness (QED) is 0.692. The number of amides is 1. The monoisotopic (exact) mass is 265 g/mol. The van der Waals surface area contributed by atoms with Crippen molar-refractivity contribution in [2.24, 2.45) is 11.8 Å². The molecule has 1 heterocycles. The zero-order valence-electron chi connectivity index (χ0n) is 13.6. The largest absolute Gasteiger partial charge is 0.342 e. The lowest BCUT2D eigenvalue weighted by atomic mass is 9.73. The molecule has 0 saturated carbocycles. The van der Waals surface area contributed by atoms with Gasteiger partial charge in [-0.25, -0.2) is 0 Å². The number of carbonyl (C=O) groups is 1. The second kappa shape index (κ2) is 7.12. The number of fused-ring (bicyclic) bond motifs is 1. The fourth-order valence-electron chi connectivity index (χ4n) is 3.63. The smallest absolute Gasteiger partial charge is 0.226 e. The van der Waals surface area contributed by atoms with E-state index in [0.29, 0.717) is 17.9 Å². The van der Waals surface area contributed by atoms with Gasteiger partial charge in [0.15, 0.2) is 0 Å². The van der Waals surface area contributed by atoms with Crippen LogP contribution in [-0.4, -0.2) is 23.9 Å². The van der Waals surface area contributed by atoms with Gasteiger partial charge in [0.1, 0.15) is 0 Å². The predicted octanol–water partition coefficient (Wildman–Crippen LogP) is 4.41. The van der Waals surface area contributed by atoms with Gasteiger partial charge in [-0.15, -0.1) is 0 Å². The van der Waals surface area contributed by atoms with E-state index >= 15 is 0 Å². The summed E-state index contributed by atoms with van der Waals surface area (Å²) in [7, 11) is 1.97. The number of nitrogens with zero attached hydrogens (tertiary/aromatic N) is 1. The molecule has 2 aliphatic rings. The summed E-state index contributed by atoms with van der Waals surface area (Å²) in [5.41, 5.74) is 3.23. The second-order valence-corrected chi connectivity index (χ2v) is 5.68. The second-order valence-electron chi connectivity index (χ2n) is 5.68. The lowest BCUT2D eigenvalue weighted by Gasteiger charge is -2.30. The molecule has 0 aromatic rings. The van der Waals surface area contributed by atoms with Crippen molar-refractivity contribution < 1.29 is 4.79 Å². The summed E-state index contributed by atoms with van der Waals surface area (Å²) in [4.78, 5) is 14.1. The average molecular weight is 265 g/mol. The van der Waals surface area contributed by atoms with Crippen LogP contribution in [0.3, 0.4) is 0 Å². The van der Waals surface area contributed by atoms with E-state index in [4.69, 9.17) is 0 Å². The number of rotatable bonds is 3. The lowest BCUT2D eigenvalue weighted by Crippen LogP contribution is -2.28. The third-order valence-electron chi connectivity index (χ3n) is 4.84. The summed E-state index contributed by atoms with van der Waals surface area (Å²) in [6.45, 7) is 10.7. The van der Waals surface area contributed by atoms with Crippen LogP contribution in [0.25, 0.3) is 0 Å². The molecule has 0 radical (unpaired) electrons. The van der Waals surface area contributed by atoms with E-state index in [1.807, 2.05) is 25.8 Å². The molecule has 1 saturated heterocycles. The van der Waals surface area contributed by atoms with Crippen LogP contribution >= 0.6 is 0 Å². The fraction of sp³-hybridized carbons (Fsp3) is 0.824. The summed E-state index contributed by atoms with van der Waals surface area (Å²) < 4.78 is 0. The third kappa shape index (κ3) is 3.04. The first kappa shape index (κ1) is 16.3. The van der Waals surface area contributed by atoms with Crippen LogP contribution in [0.1, 0.15) is 66.7 Å². The minimum atomic E-state index is 0.283. The minimum Gasteiger partial charge on any atom is -0.342 e. The maximum absolute atomic E-state index is 12.2. The van der Waals surface area contributed by atoms with E-state index in [-0.39, 0.29) is 5.92 Å². The number of likely N-dealkylation sites (tertiary alicyclic amines) is 1. The van der Waals surface area contributed by atoms with Gasteiger partial charge < -0.3 is 4.90 Å². The summed E-state index contributed by atoms with van der Waals surface area (Å²) in [5, 5.41) is 0. The molecule has 0 spiro atoms. The summed E-state index contributed by atoms with van der Waals surface area (Å²) in [5.74, 6) is 1.24. The predicted molar refractivity (Wildman–Crippen MR) is 82.0 cm³/mol. The Labute approximate surface area is 119 Å². The first-order chi connectivity index (χ1) is 9.10. The van der Waals surface area contributed by atoms with Crippen LogP contribution in [0, 0.1) is 11.8 Å². The molecule has 1 aliphatic heterocycles. The van der Waals surface area contributed by atoms with Crippen LogP contribution in [-0.2, 0) is 4.79 Å². The van der Waals surface area contributed by atoms with Gasteiger partial charge in [0.05, 0.1) is 0 Å². The fourth-order valence-corrected chi connectivity index (χ4v) is 3.63. The molecule has 3 unspecified atom stereocenters. The molecule has 1 aliphatic carbocycles. The van der Waals surface area contributed by atoms with Gasteiger partial charge in [0, 0.05) is 19.0 Å². The van der Waals surface area contributed by atoms with Gasteiger partial charge in [-0.2, -0.15) is 0 Å². The third-order valence-corrected chi connectivity index (χ3v) is 4.84. The highest BCUT2D eigenvalue weighted by Crippen LogP contribution is 2.44. The Morgan fingerprint density at radius 2 is 1.79 bits per heavy atom. The maximum atomic E-state index is 12.2. The van der Waals surface area contributed by atoms with E-state index in [2.05, 4.69) is 20.8 Å². The first-order valence-corrected chi connectivity index (χ1v) is 8.06. The van der Waals surface area contributed by atoms with Gasteiger partial charge in [0.25, 0.3) is 0 Å². The molecule has 1 fully saturated rings. The van der Waals surface area contributed by atoms with Crippen LogP contribution in [0.5, 0.6) is 0 Å². The Bertz CT molecular complexity index is 345. The maximum Gasteiger partial charge on any atom is 0.226 e. The summed E-state index contributed by atoms with van der Waals surface area (Å²) in [6, 6.07) is 0.428. The summed E-state index contributed by atoms with van der Waals surface area (Å²) >= 11 is 0. The van der Waals surface area contributed by atoms with Crippen LogP contribution in [0.2, 0.25) is 0 Å².